The minimum Gasteiger partial charge on any atom is -0.497 e. The molecule has 3 rings (SSSR count). The standard InChI is InChI=1S/C20H25NO/c1-3-20(16-10-7-11-18(12-16)22-2)21-14-17-13-19(17)15-8-5-4-6-9-15/h4-12,17,19-21H,3,13-14H2,1-2H3/t17-,19-,20?/m0/s1. The molecule has 1 aliphatic carbocycles. The summed E-state index contributed by atoms with van der Waals surface area (Å²) in [4.78, 5) is 0. The van der Waals surface area contributed by atoms with Crippen molar-refractivity contribution in [2.75, 3.05) is 13.7 Å². The van der Waals surface area contributed by atoms with Crippen molar-refractivity contribution < 1.29 is 4.74 Å². The van der Waals surface area contributed by atoms with Crippen molar-refractivity contribution in [3.63, 3.8) is 0 Å². The third kappa shape index (κ3) is 3.50. The summed E-state index contributed by atoms with van der Waals surface area (Å²) in [6.45, 7) is 3.33. The van der Waals surface area contributed by atoms with Gasteiger partial charge in [0.2, 0.25) is 0 Å². The Hall–Kier alpha value is -1.80. The number of hydrogen-bond acceptors (Lipinski definition) is 2. The first-order chi connectivity index (χ1) is 10.8. The second kappa shape index (κ2) is 6.97. The lowest BCUT2D eigenvalue weighted by Gasteiger charge is -2.18. The highest BCUT2D eigenvalue weighted by Crippen LogP contribution is 2.47. The summed E-state index contributed by atoms with van der Waals surface area (Å²) in [6.07, 6.45) is 2.40. The van der Waals surface area contributed by atoms with Crippen molar-refractivity contribution in [3.05, 3.63) is 65.7 Å². The lowest BCUT2D eigenvalue weighted by Crippen LogP contribution is -2.23. The Bertz CT molecular complexity index is 596. The molecular formula is C20H25NO. The fourth-order valence-electron chi connectivity index (χ4n) is 3.23. The topological polar surface area (TPSA) is 21.3 Å². The smallest absolute Gasteiger partial charge is 0.119 e. The fraction of sp³-hybridized carbons (Fsp3) is 0.400. The van der Waals surface area contributed by atoms with Gasteiger partial charge in [-0.1, -0.05) is 49.4 Å². The Balaban J connectivity index is 1.56. The van der Waals surface area contributed by atoms with Gasteiger partial charge in [0.15, 0.2) is 0 Å². The molecule has 2 aromatic carbocycles. The van der Waals surface area contributed by atoms with Gasteiger partial charge in [-0.05, 0) is 54.5 Å². The van der Waals surface area contributed by atoms with Crippen LogP contribution in [0.1, 0.15) is 42.9 Å². The molecule has 22 heavy (non-hydrogen) atoms. The van der Waals surface area contributed by atoms with Gasteiger partial charge in [-0.2, -0.15) is 0 Å². The maximum absolute atomic E-state index is 5.33. The Morgan fingerprint density at radius 2 is 1.95 bits per heavy atom. The van der Waals surface area contributed by atoms with Crippen LogP contribution in [0.2, 0.25) is 0 Å². The van der Waals surface area contributed by atoms with Gasteiger partial charge in [0, 0.05) is 6.04 Å². The maximum Gasteiger partial charge on any atom is 0.119 e. The van der Waals surface area contributed by atoms with E-state index in [1.165, 1.54) is 17.5 Å². The van der Waals surface area contributed by atoms with Gasteiger partial charge in [-0.3, -0.25) is 0 Å². The lowest BCUT2D eigenvalue weighted by atomic mass is 10.0. The zero-order valence-electron chi connectivity index (χ0n) is 13.5. The second-order valence-corrected chi connectivity index (χ2v) is 6.16. The van der Waals surface area contributed by atoms with Crippen LogP contribution in [0.5, 0.6) is 5.75 Å². The molecule has 3 atom stereocenters. The zero-order valence-corrected chi connectivity index (χ0v) is 13.5. The summed E-state index contributed by atoms with van der Waals surface area (Å²) >= 11 is 0. The quantitative estimate of drug-likeness (QED) is 0.809. The summed E-state index contributed by atoms with van der Waals surface area (Å²) in [5.74, 6) is 2.46. The molecule has 0 saturated heterocycles. The van der Waals surface area contributed by atoms with Crippen LogP contribution in [0.3, 0.4) is 0 Å². The first-order valence-electron chi connectivity index (χ1n) is 8.24. The average Bonchev–Trinajstić information content (AvgIpc) is 3.36. The normalized spacial score (nSPS) is 21.4. The van der Waals surface area contributed by atoms with E-state index in [2.05, 4.69) is 60.8 Å². The molecule has 116 valence electrons. The molecule has 1 fully saturated rings. The molecule has 0 radical (unpaired) electrons. The van der Waals surface area contributed by atoms with Crippen molar-refractivity contribution in [1.29, 1.82) is 0 Å². The van der Waals surface area contributed by atoms with E-state index in [1.807, 2.05) is 6.07 Å². The van der Waals surface area contributed by atoms with Gasteiger partial charge < -0.3 is 10.1 Å². The molecule has 2 aromatic rings. The first-order valence-corrected chi connectivity index (χ1v) is 8.24. The highest BCUT2D eigenvalue weighted by molar-refractivity contribution is 5.31. The summed E-state index contributed by atoms with van der Waals surface area (Å²) in [6, 6.07) is 19.7. The molecule has 0 amide bonds. The number of methoxy groups -OCH3 is 1. The van der Waals surface area contributed by atoms with Crippen LogP contribution in [-0.2, 0) is 0 Å². The summed E-state index contributed by atoms with van der Waals surface area (Å²) in [5.41, 5.74) is 2.81. The molecule has 0 heterocycles. The van der Waals surface area contributed by atoms with E-state index in [4.69, 9.17) is 4.74 Å². The number of rotatable bonds is 7. The molecule has 0 bridgehead atoms. The van der Waals surface area contributed by atoms with Crippen LogP contribution >= 0.6 is 0 Å². The molecule has 1 N–H and O–H groups in total. The number of hydrogen-bond donors (Lipinski definition) is 1. The van der Waals surface area contributed by atoms with Crippen molar-refractivity contribution in [2.45, 2.75) is 31.7 Å². The van der Waals surface area contributed by atoms with Gasteiger partial charge in [-0.25, -0.2) is 0 Å². The van der Waals surface area contributed by atoms with Crippen molar-refractivity contribution in [2.24, 2.45) is 5.92 Å². The van der Waals surface area contributed by atoms with Crippen molar-refractivity contribution in [1.82, 2.24) is 5.32 Å². The van der Waals surface area contributed by atoms with Crippen LogP contribution in [0.15, 0.2) is 54.6 Å². The van der Waals surface area contributed by atoms with Crippen molar-refractivity contribution in [3.8, 4) is 5.75 Å². The molecule has 0 aromatic heterocycles. The molecule has 2 heteroatoms. The van der Waals surface area contributed by atoms with Crippen LogP contribution < -0.4 is 10.1 Å². The summed E-state index contributed by atoms with van der Waals surface area (Å²) in [7, 11) is 1.72. The molecule has 0 aliphatic heterocycles. The predicted octanol–water partition coefficient (Wildman–Crippen LogP) is 4.54. The van der Waals surface area contributed by atoms with Gasteiger partial charge in [0.25, 0.3) is 0 Å². The van der Waals surface area contributed by atoms with Crippen LogP contribution in [0.25, 0.3) is 0 Å². The van der Waals surface area contributed by atoms with Gasteiger partial charge in [0.1, 0.15) is 5.75 Å². The van der Waals surface area contributed by atoms with Crippen molar-refractivity contribution >= 4 is 0 Å². The fourth-order valence-corrected chi connectivity index (χ4v) is 3.23. The van der Waals surface area contributed by atoms with Gasteiger partial charge >= 0.3 is 0 Å². The van der Waals surface area contributed by atoms with Gasteiger partial charge in [-0.15, -0.1) is 0 Å². The van der Waals surface area contributed by atoms with E-state index < -0.39 is 0 Å². The first kappa shape index (κ1) is 15.1. The molecule has 0 spiro atoms. The summed E-state index contributed by atoms with van der Waals surface area (Å²) < 4.78 is 5.33. The average molecular weight is 295 g/mol. The number of benzene rings is 2. The van der Waals surface area contributed by atoms with Gasteiger partial charge in [0.05, 0.1) is 7.11 Å². The molecule has 1 unspecified atom stereocenters. The monoisotopic (exact) mass is 295 g/mol. The van der Waals surface area contributed by atoms with E-state index in [-0.39, 0.29) is 0 Å². The van der Waals surface area contributed by atoms with E-state index in [0.29, 0.717) is 6.04 Å². The molecular weight excluding hydrogens is 270 g/mol. The summed E-state index contributed by atoms with van der Waals surface area (Å²) in [5, 5.41) is 3.74. The Kier molecular flexibility index (Phi) is 4.79. The second-order valence-electron chi connectivity index (χ2n) is 6.16. The lowest BCUT2D eigenvalue weighted by molar-refractivity contribution is 0.412. The van der Waals surface area contributed by atoms with E-state index in [9.17, 15) is 0 Å². The highest BCUT2D eigenvalue weighted by Gasteiger charge is 2.37. The van der Waals surface area contributed by atoms with Crippen LogP contribution in [0, 0.1) is 5.92 Å². The Morgan fingerprint density at radius 1 is 1.14 bits per heavy atom. The Morgan fingerprint density at radius 3 is 2.68 bits per heavy atom. The number of nitrogens with one attached hydrogen (secondary N) is 1. The Labute approximate surface area is 133 Å². The molecule has 2 nitrogen and oxygen atoms in total. The maximum atomic E-state index is 5.33. The van der Waals surface area contributed by atoms with Crippen LogP contribution in [0.4, 0.5) is 0 Å². The van der Waals surface area contributed by atoms with E-state index >= 15 is 0 Å². The minimum absolute atomic E-state index is 0.409. The highest BCUT2D eigenvalue weighted by atomic mass is 16.5. The minimum atomic E-state index is 0.409. The molecule has 1 aliphatic rings. The van der Waals surface area contributed by atoms with E-state index in [1.54, 1.807) is 7.11 Å². The third-order valence-corrected chi connectivity index (χ3v) is 4.68. The largest absolute Gasteiger partial charge is 0.497 e. The molecule has 1 saturated carbocycles. The predicted molar refractivity (Wildman–Crippen MR) is 91.3 cm³/mol. The van der Waals surface area contributed by atoms with E-state index in [0.717, 1.165) is 30.6 Å². The third-order valence-electron chi connectivity index (χ3n) is 4.68. The zero-order chi connectivity index (χ0) is 15.4. The van der Waals surface area contributed by atoms with Crippen LogP contribution in [-0.4, -0.2) is 13.7 Å². The SMILES string of the molecule is CCC(NC[C@@H]1C[C@H]1c1ccccc1)c1cccc(OC)c1. The number of ether oxygens (including phenoxy) is 1.